The SMILES string of the molecule is N#CCCc1cccc2ccc(OCCCN3CCC(c4noc5cc(F)ccc45)CC3)cc12. The van der Waals surface area contributed by atoms with Gasteiger partial charge in [0, 0.05) is 30.3 Å². The zero-order valence-electron chi connectivity index (χ0n) is 19.2. The third kappa shape index (κ3) is 4.90. The Morgan fingerprint density at radius 3 is 2.82 bits per heavy atom. The summed E-state index contributed by atoms with van der Waals surface area (Å²) in [7, 11) is 0. The highest BCUT2D eigenvalue weighted by Gasteiger charge is 2.25. The van der Waals surface area contributed by atoms with Crippen molar-refractivity contribution in [3.63, 3.8) is 0 Å². The minimum absolute atomic E-state index is 0.296. The van der Waals surface area contributed by atoms with Gasteiger partial charge >= 0.3 is 0 Å². The van der Waals surface area contributed by atoms with Gasteiger partial charge in [-0.3, -0.25) is 0 Å². The number of nitrogens with zero attached hydrogens (tertiary/aromatic N) is 3. The van der Waals surface area contributed by atoms with E-state index in [1.54, 1.807) is 6.07 Å². The van der Waals surface area contributed by atoms with Crippen LogP contribution in [-0.4, -0.2) is 36.3 Å². The van der Waals surface area contributed by atoms with E-state index < -0.39 is 0 Å². The van der Waals surface area contributed by atoms with Crippen LogP contribution in [0.5, 0.6) is 5.75 Å². The normalized spacial score (nSPS) is 15.1. The molecule has 174 valence electrons. The number of halogens is 1. The Balaban J connectivity index is 1.10. The molecule has 1 saturated heterocycles. The third-order valence-corrected chi connectivity index (χ3v) is 6.77. The van der Waals surface area contributed by atoms with Crippen molar-refractivity contribution in [1.82, 2.24) is 10.1 Å². The third-order valence-electron chi connectivity index (χ3n) is 6.77. The lowest BCUT2D eigenvalue weighted by Crippen LogP contribution is -2.34. The molecule has 5 rings (SSSR count). The van der Waals surface area contributed by atoms with Crippen LogP contribution in [0.15, 0.2) is 59.1 Å². The first kappa shape index (κ1) is 22.4. The molecule has 0 N–H and O–H groups in total. The molecule has 0 amide bonds. The molecule has 0 saturated carbocycles. The van der Waals surface area contributed by atoms with E-state index >= 15 is 0 Å². The summed E-state index contributed by atoms with van der Waals surface area (Å²) in [6, 6.07) is 19.3. The van der Waals surface area contributed by atoms with Gasteiger partial charge in [-0.25, -0.2) is 4.39 Å². The number of likely N-dealkylation sites (tertiary alicyclic amines) is 1. The zero-order valence-corrected chi connectivity index (χ0v) is 19.2. The molecule has 0 unspecified atom stereocenters. The first-order valence-corrected chi connectivity index (χ1v) is 12.0. The van der Waals surface area contributed by atoms with Gasteiger partial charge in [0.2, 0.25) is 0 Å². The number of aromatic nitrogens is 1. The van der Waals surface area contributed by atoms with Gasteiger partial charge < -0.3 is 14.2 Å². The van der Waals surface area contributed by atoms with Crippen LogP contribution >= 0.6 is 0 Å². The van der Waals surface area contributed by atoms with Crippen molar-refractivity contribution in [2.24, 2.45) is 0 Å². The van der Waals surface area contributed by atoms with Crippen LogP contribution in [0.25, 0.3) is 21.7 Å². The maximum atomic E-state index is 13.4. The van der Waals surface area contributed by atoms with Crippen LogP contribution in [0, 0.1) is 17.1 Å². The molecule has 2 heterocycles. The Labute approximate surface area is 198 Å². The van der Waals surface area contributed by atoms with Crippen LogP contribution in [0.4, 0.5) is 4.39 Å². The van der Waals surface area contributed by atoms with Crippen LogP contribution in [0.2, 0.25) is 0 Å². The summed E-state index contributed by atoms with van der Waals surface area (Å²) in [6.07, 6.45) is 4.29. The average Bonchev–Trinajstić information content (AvgIpc) is 3.28. The largest absolute Gasteiger partial charge is 0.494 e. The molecule has 34 heavy (non-hydrogen) atoms. The van der Waals surface area contributed by atoms with E-state index in [0.29, 0.717) is 24.5 Å². The maximum absolute atomic E-state index is 13.4. The van der Waals surface area contributed by atoms with Gasteiger partial charge in [0.05, 0.1) is 18.4 Å². The summed E-state index contributed by atoms with van der Waals surface area (Å²) < 4.78 is 24.8. The second-order valence-electron chi connectivity index (χ2n) is 8.98. The summed E-state index contributed by atoms with van der Waals surface area (Å²) in [5.74, 6) is 0.937. The lowest BCUT2D eigenvalue weighted by atomic mass is 9.91. The monoisotopic (exact) mass is 457 g/mol. The number of ether oxygens (including phenoxy) is 1. The molecule has 4 aromatic rings. The Kier molecular flexibility index (Phi) is 6.73. The van der Waals surface area contributed by atoms with E-state index in [-0.39, 0.29) is 5.82 Å². The quantitative estimate of drug-likeness (QED) is 0.294. The van der Waals surface area contributed by atoms with Crippen molar-refractivity contribution in [1.29, 1.82) is 5.26 Å². The maximum Gasteiger partial charge on any atom is 0.170 e. The van der Waals surface area contributed by atoms with E-state index in [1.807, 2.05) is 12.1 Å². The molecule has 0 atom stereocenters. The van der Waals surface area contributed by atoms with Crippen LogP contribution < -0.4 is 4.74 Å². The fraction of sp³-hybridized carbons (Fsp3) is 0.357. The number of fused-ring (bicyclic) bond motifs is 2. The molecule has 3 aromatic carbocycles. The molecule has 1 aliphatic rings. The Morgan fingerprint density at radius 1 is 1.09 bits per heavy atom. The minimum Gasteiger partial charge on any atom is -0.494 e. The fourth-order valence-corrected chi connectivity index (χ4v) is 4.95. The van der Waals surface area contributed by atoms with Crippen molar-refractivity contribution in [2.45, 2.75) is 38.0 Å². The molecule has 0 aliphatic carbocycles. The number of nitriles is 1. The molecule has 0 bridgehead atoms. The van der Waals surface area contributed by atoms with E-state index in [2.05, 4.69) is 40.4 Å². The predicted molar refractivity (Wildman–Crippen MR) is 130 cm³/mol. The zero-order chi connectivity index (χ0) is 23.3. The number of hydrogen-bond acceptors (Lipinski definition) is 5. The first-order chi connectivity index (χ1) is 16.7. The van der Waals surface area contributed by atoms with Gasteiger partial charge in [-0.15, -0.1) is 0 Å². The topological polar surface area (TPSA) is 62.3 Å². The lowest BCUT2D eigenvalue weighted by molar-refractivity contribution is 0.191. The molecule has 6 heteroatoms. The molecule has 0 radical (unpaired) electrons. The summed E-state index contributed by atoms with van der Waals surface area (Å²) in [4.78, 5) is 2.47. The Bertz CT molecular complexity index is 1320. The van der Waals surface area contributed by atoms with E-state index in [1.165, 1.54) is 28.5 Å². The number of hydrogen-bond donors (Lipinski definition) is 0. The summed E-state index contributed by atoms with van der Waals surface area (Å²) in [5.41, 5.74) is 2.68. The number of piperidine rings is 1. The van der Waals surface area contributed by atoms with Gasteiger partial charge in [-0.1, -0.05) is 29.4 Å². The van der Waals surface area contributed by atoms with Crippen LogP contribution in [-0.2, 0) is 6.42 Å². The first-order valence-electron chi connectivity index (χ1n) is 12.0. The van der Waals surface area contributed by atoms with Crippen LogP contribution in [0.3, 0.4) is 0 Å². The predicted octanol–water partition coefficient (Wildman–Crippen LogP) is 6.22. The van der Waals surface area contributed by atoms with Gasteiger partial charge in [-0.2, -0.15) is 5.26 Å². The molecule has 0 spiro atoms. The highest BCUT2D eigenvalue weighted by atomic mass is 19.1. The Hall–Kier alpha value is -3.43. The summed E-state index contributed by atoms with van der Waals surface area (Å²) in [5, 5.41) is 16.4. The second-order valence-corrected chi connectivity index (χ2v) is 8.98. The molecular formula is C28H28FN3O2. The van der Waals surface area contributed by atoms with E-state index in [0.717, 1.165) is 62.1 Å². The van der Waals surface area contributed by atoms with Crippen molar-refractivity contribution in [2.75, 3.05) is 26.2 Å². The minimum atomic E-state index is -0.296. The van der Waals surface area contributed by atoms with Crippen LogP contribution in [0.1, 0.15) is 42.9 Å². The smallest absolute Gasteiger partial charge is 0.170 e. The Morgan fingerprint density at radius 2 is 1.97 bits per heavy atom. The molecule has 1 aromatic heterocycles. The van der Waals surface area contributed by atoms with E-state index in [4.69, 9.17) is 14.5 Å². The van der Waals surface area contributed by atoms with Gasteiger partial charge in [0.15, 0.2) is 5.58 Å². The second kappa shape index (κ2) is 10.2. The van der Waals surface area contributed by atoms with Crippen molar-refractivity contribution in [3.8, 4) is 11.8 Å². The van der Waals surface area contributed by atoms with Crippen molar-refractivity contribution >= 4 is 21.7 Å². The number of benzene rings is 3. The van der Waals surface area contributed by atoms with E-state index in [9.17, 15) is 4.39 Å². The summed E-state index contributed by atoms with van der Waals surface area (Å²) >= 11 is 0. The standard InChI is InChI=1S/C28H28FN3O2/c29-23-8-10-25-27(18-23)34-31-28(25)22-11-15-32(16-12-22)14-3-17-33-24-9-7-21-5-1-4-20(6-2-13-30)26(21)19-24/h1,4-5,7-10,18-19,22H,2-3,6,11-12,14-17H2. The summed E-state index contributed by atoms with van der Waals surface area (Å²) in [6.45, 7) is 3.70. The molecule has 1 fully saturated rings. The highest BCUT2D eigenvalue weighted by Crippen LogP contribution is 2.33. The lowest BCUT2D eigenvalue weighted by Gasteiger charge is -2.31. The van der Waals surface area contributed by atoms with Gasteiger partial charge in [0.25, 0.3) is 0 Å². The molecule has 5 nitrogen and oxygen atoms in total. The average molecular weight is 458 g/mol. The molecular weight excluding hydrogens is 429 g/mol. The fourth-order valence-electron chi connectivity index (χ4n) is 4.95. The van der Waals surface area contributed by atoms with Gasteiger partial charge in [-0.05, 0) is 79.4 Å². The van der Waals surface area contributed by atoms with Crippen molar-refractivity contribution < 1.29 is 13.7 Å². The molecule has 1 aliphatic heterocycles. The highest BCUT2D eigenvalue weighted by molar-refractivity contribution is 5.87. The number of aryl methyl sites for hydroxylation is 1. The van der Waals surface area contributed by atoms with Crippen molar-refractivity contribution in [3.05, 3.63) is 71.7 Å². The number of rotatable bonds is 8. The van der Waals surface area contributed by atoms with Gasteiger partial charge in [0.1, 0.15) is 11.6 Å².